The Balaban J connectivity index is 1.62. The summed E-state index contributed by atoms with van der Waals surface area (Å²) in [6, 6.07) is 4.93. The van der Waals surface area contributed by atoms with E-state index in [1.807, 2.05) is 11.3 Å². The molecule has 1 unspecified atom stereocenters. The zero-order valence-electron chi connectivity index (χ0n) is 13.7. The van der Waals surface area contributed by atoms with Crippen LogP contribution in [0, 0.1) is 23.2 Å². The smallest absolute Gasteiger partial charge is 0.0447 e. The van der Waals surface area contributed by atoms with Crippen LogP contribution in [-0.4, -0.2) is 0 Å². The molecule has 0 aromatic carbocycles. The van der Waals surface area contributed by atoms with Crippen LogP contribution in [0.3, 0.4) is 0 Å². The number of hydrogen-bond donors (Lipinski definition) is 1. The molecule has 21 heavy (non-hydrogen) atoms. The first-order valence-corrected chi connectivity index (χ1v) is 9.53. The Morgan fingerprint density at radius 1 is 1.05 bits per heavy atom. The third-order valence-electron chi connectivity index (χ3n) is 6.42. The topological polar surface area (TPSA) is 26.0 Å². The van der Waals surface area contributed by atoms with Gasteiger partial charge in [-0.15, -0.1) is 11.3 Å². The number of rotatable bonds is 2. The van der Waals surface area contributed by atoms with Crippen LogP contribution >= 0.6 is 11.3 Å². The third kappa shape index (κ3) is 2.30. The molecule has 0 aliphatic heterocycles. The number of hydrogen-bond acceptors (Lipinski definition) is 2. The highest BCUT2D eigenvalue weighted by molar-refractivity contribution is 7.12. The summed E-state index contributed by atoms with van der Waals surface area (Å²) in [6.07, 6.45) is 8.73. The molecule has 2 N–H and O–H groups in total. The van der Waals surface area contributed by atoms with E-state index >= 15 is 0 Å². The highest BCUT2D eigenvalue weighted by Gasteiger charge is 2.53. The zero-order chi connectivity index (χ0) is 14.8. The van der Waals surface area contributed by atoms with Crippen LogP contribution in [0.1, 0.15) is 75.1 Å². The minimum absolute atomic E-state index is 0.254. The molecule has 4 saturated carbocycles. The maximum Gasteiger partial charge on any atom is 0.0447 e. The second kappa shape index (κ2) is 4.58. The van der Waals surface area contributed by atoms with Gasteiger partial charge in [-0.25, -0.2) is 0 Å². The van der Waals surface area contributed by atoms with Crippen molar-refractivity contribution in [1.29, 1.82) is 0 Å². The minimum Gasteiger partial charge on any atom is -0.323 e. The van der Waals surface area contributed by atoms with Crippen LogP contribution in [0.4, 0.5) is 0 Å². The second-order valence-electron chi connectivity index (χ2n) is 9.21. The molecule has 0 saturated heterocycles. The van der Waals surface area contributed by atoms with E-state index in [4.69, 9.17) is 5.73 Å². The van der Waals surface area contributed by atoms with E-state index in [1.54, 1.807) is 0 Å². The lowest BCUT2D eigenvalue weighted by molar-refractivity contribution is -0.0672. The molecule has 1 heterocycles. The lowest BCUT2D eigenvalue weighted by atomic mass is 9.47. The highest BCUT2D eigenvalue weighted by Crippen LogP contribution is 2.63. The van der Waals surface area contributed by atoms with Gasteiger partial charge < -0.3 is 5.73 Å². The summed E-state index contributed by atoms with van der Waals surface area (Å²) in [6.45, 7) is 6.91. The van der Waals surface area contributed by atoms with Gasteiger partial charge in [0.05, 0.1) is 0 Å². The number of thiophene rings is 1. The van der Waals surface area contributed by atoms with Crippen LogP contribution in [0.25, 0.3) is 0 Å². The molecule has 0 spiro atoms. The predicted molar refractivity (Wildman–Crippen MR) is 90.6 cm³/mol. The van der Waals surface area contributed by atoms with Crippen LogP contribution < -0.4 is 5.73 Å². The molecule has 1 aromatic heterocycles. The standard InChI is InChI=1S/C19H29NS/c1-18(2,3)16-5-4-15(21-16)17(20)19-9-12-6-13(10-19)8-14(7-12)11-19/h4-5,12-14,17H,6-11,20H2,1-3H3. The van der Waals surface area contributed by atoms with Gasteiger partial charge in [0.15, 0.2) is 0 Å². The number of nitrogens with two attached hydrogens (primary N) is 1. The zero-order valence-corrected chi connectivity index (χ0v) is 14.5. The SMILES string of the molecule is CC(C)(C)c1ccc(C(N)C23CC4CC(CC(C4)C2)C3)s1. The maximum absolute atomic E-state index is 6.86. The summed E-state index contributed by atoms with van der Waals surface area (Å²) in [4.78, 5) is 2.93. The van der Waals surface area contributed by atoms with Gasteiger partial charge in [-0.05, 0) is 79.2 Å². The van der Waals surface area contributed by atoms with E-state index < -0.39 is 0 Å². The van der Waals surface area contributed by atoms with Gasteiger partial charge in [-0.1, -0.05) is 20.8 Å². The molecule has 1 aromatic rings. The Labute approximate surface area is 133 Å². The normalized spacial score (nSPS) is 39.7. The molecule has 4 fully saturated rings. The van der Waals surface area contributed by atoms with Crippen LogP contribution in [0.2, 0.25) is 0 Å². The van der Waals surface area contributed by atoms with E-state index in [0.29, 0.717) is 5.41 Å². The molecule has 0 amide bonds. The summed E-state index contributed by atoms with van der Waals surface area (Å²) < 4.78 is 0. The molecule has 2 heteroatoms. The van der Waals surface area contributed by atoms with Gasteiger partial charge in [-0.3, -0.25) is 0 Å². The van der Waals surface area contributed by atoms with Crippen molar-refractivity contribution in [2.45, 2.75) is 70.8 Å². The van der Waals surface area contributed by atoms with E-state index in [9.17, 15) is 0 Å². The molecule has 4 bridgehead atoms. The van der Waals surface area contributed by atoms with Crippen molar-refractivity contribution in [3.05, 3.63) is 21.9 Å². The first-order valence-electron chi connectivity index (χ1n) is 8.71. The fourth-order valence-corrected chi connectivity index (χ4v) is 6.99. The summed E-state index contributed by atoms with van der Waals surface area (Å²) in [5, 5.41) is 0. The van der Waals surface area contributed by atoms with Crippen molar-refractivity contribution in [2.24, 2.45) is 28.9 Å². The maximum atomic E-state index is 6.86. The summed E-state index contributed by atoms with van der Waals surface area (Å²) in [7, 11) is 0. The van der Waals surface area contributed by atoms with E-state index in [0.717, 1.165) is 17.8 Å². The van der Waals surface area contributed by atoms with Crippen molar-refractivity contribution >= 4 is 11.3 Å². The Morgan fingerprint density at radius 2 is 1.57 bits per heavy atom. The van der Waals surface area contributed by atoms with Gasteiger partial charge in [0.25, 0.3) is 0 Å². The predicted octanol–water partition coefficient (Wildman–Crippen LogP) is 5.26. The van der Waals surface area contributed by atoms with Gasteiger partial charge >= 0.3 is 0 Å². The van der Waals surface area contributed by atoms with Crippen LogP contribution in [0.5, 0.6) is 0 Å². The van der Waals surface area contributed by atoms with Gasteiger partial charge in [0.2, 0.25) is 0 Å². The molecule has 5 rings (SSSR count). The average molecular weight is 304 g/mol. The summed E-state index contributed by atoms with van der Waals surface area (Å²) in [5.41, 5.74) is 7.55. The molecule has 4 aliphatic carbocycles. The summed E-state index contributed by atoms with van der Waals surface area (Å²) >= 11 is 1.97. The fourth-order valence-electron chi connectivity index (χ4n) is 5.78. The van der Waals surface area contributed by atoms with Gasteiger partial charge in [0.1, 0.15) is 0 Å². The van der Waals surface area contributed by atoms with Gasteiger partial charge in [-0.2, -0.15) is 0 Å². The third-order valence-corrected chi connectivity index (χ3v) is 8.01. The van der Waals surface area contributed by atoms with E-state index in [2.05, 4.69) is 32.9 Å². The second-order valence-corrected chi connectivity index (χ2v) is 10.3. The lowest BCUT2D eigenvalue weighted by Gasteiger charge is -2.58. The van der Waals surface area contributed by atoms with Gasteiger partial charge in [0, 0.05) is 15.8 Å². The summed E-state index contributed by atoms with van der Waals surface area (Å²) in [5.74, 6) is 2.97. The molecule has 116 valence electrons. The fraction of sp³-hybridized carbons (Fsp3) is 0.789. The molecule has 0 radical (unpaired) electrons. The molecule has 1 atom stereocenters. The van der Waals surface area contributed by atoms with Crippen LogP contribution in [0.15, 0.2) is 12.1 Å². The largest absolute Gasteiger partial charge is 0.323 e. The first kappa shape index (κ1) is 14.3. The monoisotopic (exact) mass is 303 g/mol. The van der Waals surface area contributed by atoms with Crippen molar-refractivity contribution in [2.75, 3.05) is 0 Å². The highest BCUT2D eigenvalue weighted by atomic mass is 32.1. The Bertz CT molecular complexity index is 501. The average Bonchev–Trinajstić information content (AvgIpc) is 2.85. The van der Waals surface area contributed by atoms with Crippen molar-refractivity contribution in [3.8, 4) is 0 Å². The minimum atomic E-state index is 0.254. The van der Waals surface area contributed by atoms with Crippen molar-refractivity contribution in [3.63, 3.8) is 0 Å². The lowest BCUT2D eigenvalue weighted by Crippen LogP contribution is -2.50. The van der Waals surface area contributed by atoms with E-state index in [-0.39, 0.29) is 11.5 Å². The Hall–Kier alpha value is -0.340. The molecular formula is C19H29NS. The Morgan fingerprint density at radius 3 is 2.00 bits per heavy atom. The van der Waals surface area contributed by atoms with E-state index in [1.165, 1.54) is 48.3 Å². The molecule has 4 aliphatic rings. The quantitative estimate of drug-likeness (QED) is 0.792. The Kier molecular flexibility index (Phi) is 3.11. The first-order chi connectivity index (χ1) is 9.86. The van der Waals surface area contributed by atoms with Crippen molar-refractivity contribution < 1.29 is 0 Å². The molecule has 1 nitrogen and oxygen atoms in total. The van der Waals surface area contributed by atoms with Crippen molar-refractivity contribution in [1.82, 2.24) is 0 Å². The molecular weight excluding hydrogens is 274 g/mol. The van der Waals surface area contributed by atoms with Crippen LogP contribution in [-0.2, 0) is 5.41 Å².